The van der Waals surface area contributed by atoms with Gasteiger partial charge in [-0.2, -0.15) is 0 Å². The summed E-state index contributed by atoms with van der Waals surface area (Å²) in [6, 6.07) is 11.5. The summed E-state index contributed by atoms with van der Waals surface area (Å²) in [7, 11) is 0. The van der Waals surface area contributed by atoms with Gasteiger partial charge in [0, 0.05) is 19.3 Å². The summed E-state index contributed by atoms with van der Waals surface area (Å²) in [5.41, 5.74) is 1.51. The van der Waals surface area contributed by atoms with E-state index in [0.29, 0.717) is 6.04 Å². The first kappa shape index (κ1) is 13.1. The van der Waals surface area contributed by atoms with Crippen LogP contribution in [0.1, 0.15) is 50.0 Å². The smallest absolute Gasteiger partial charge is 0.114 e. The molecule has 0 bridgehead atoms. The van der Waals surface area contributed by atoms with Crippen LogP contribution in [-0.4, -0.2) is 30.3 Å². The second kappa shape index (κ2) is 6.06. The summed E-state index contributed by atoms with van der Waals surface area (Å²) >= 11 is 0. The van der Waals surface area contributed by atoms with Crippen LogP contribution in [0.2, 0.25) is 0 Å². The molecule has 1 aromatic rings. The van der Waals surface area contributed by atoms with Gasteiger partial charge in [0.2, 0.25) is 0 Å². The number of aliphatic hydroxyl groups is 1. The Kier molecular flexibility index (Phi) is 4.19. The molecule has 0 radical (unpaired) electrons. The second-order valence-corrected chi connectivity index (χ2v) is 6.30. The van der Waals surface area contributed by atoms with E-state index in [4.69, 9.17) is 0 Å². The maximum Gasteiger partial charge on any atom is 0.114 e. The third-order valence-electron chi connectivity index (χ3n) is 5.15. The minimum atomic E-state index is -0.0444. The van der Waals surface area contributed by atoms with Crippen LogP contribution in [-0.2, 0) is 0 Å². The molecule has 2 atom stereocenters. The lowest BCUT2D eigenvalue weighted by Crippen LogP contribution is -3.18. The Morgan fingerprint density at radius 3 is 2.26 bits per heavy atom. The Morgan fingerprint density at radius 1 is 0.895 bits per heavy atom. The molecule has 2 aliphatic rings. The van der Waals surface area contributed by atoms with Crippen molar-refractivity contribution >= 4 is 0 Å². The van der Waals surface area contributed by atoms with Crippen molar-refractivity contribution in [3.05, 3.63) is 35.9 Å². The molecular formula is C17H26NO+. The van der Waals surface area contributed by atoms with Gasteiger partial charge >= 0.3 is 0 Å². The molecule has 1 aliphatic heterocycles. The zero-order valence-electron chi connectivity index (χ0n) is 11.7. The lowest BCUT2D eigenvalue weighted by atomic mass is 9.86. The summed E-state index contributed by atoms with van der Waals surface area (Å²) < 4.78 is 0. The van der Waals surface area contributed by atoms with E-state index in [1.807, 2.05) is 0 Å². The van der Waals surface area contributed by atoms with Gasteiger partial charge in [0.25, 0.3) is 0 Å². The van der Waals surface area contributed by atoms with Crippen molar-refractivity contribution in [3.8, 4) is 0 Å². The van der Waals surface area contributed by atoms with E-state index < -0.39 is 0 Å². The minimum absolute atomic E-state index is 0.0444. The normalized spacial score (nSPS) is 36.1. The highest BCUT2D eigenvalue weighted by Crippen LogP contribution is 2.24. The molecule has 0 aromatic heterocycles. The van der Waals surface area contributed by atoms with Crippen LogP contribution < -0.4 is 4.90 Å². The van der Waals surface area contributed by atoms with E-state index in [1.165, 1.54) is 50.8 Å². The molecule has 2 N–H and O–H groups in total. The highest BCUT2D eigenvalue weighted by molar-refractivity contribution is 5.19. The second-order valence-electron chi connectivity index (χ2n) is 6.30. The molecule has 19 heavy (non-hydrogen) atoms. The van der Waals surface area contributed by atoms with Crippen molar-refractivity contribution in [2.75, 3.05) is 13.1 Å². The highest BCUT2D eigenvalue weighted by atomic mass is 16.3. The maximum absolute atomic E-state index is 10.2. The average molecular weight is 260 g/mol. The van der Waals surface area contributed by atoms with Crippen LogP contribution in [0.25, 0.3) is 0 Å². The fourth-order valence-electron chi connectivity index (χ4n) is 4.01. The summed E-state index contributed by atoms with van der Waals surface area (Å²) in [5, 5.41) is 10.2. The van der Waals surface area contributed by atoms with Crippen molar-refractivity contribution < 1.29 is 10.0 Å². The predicted octanol–water partition coefficient (Wildman–Crippen LogP) is 1.75. The molecule has 0 spiro atoms. The zero-order chi connectivity index (χ0) is 13.1. The number of rotatable bonds is 2. The molecule has 1 aliphatic carbocycles. The molecule has 2 heteroatoms. The lowest BCUT2D eigenvalue weighted by molar-refractivity contribution is -0.935. The van der Waals surface area contributed by atoms with Gasteiger partial charge < -0.3 is 10.0 Å². The van der Waals surface area contributed by atoms with Gasteiger partial charge in [0.15, 0.2) is 0 Å². The third kappa shape index (κ3) is 3.01. The number of benzene rings is 1. The summed E-state index contributed by atoms with van der Waals surface area (Å²) in [6.45, 7) is 2.47. The summed E-state index contributed by atoms with van der Waals surface area (Å²) in [6.07, 6.45) is 7.30. The number of aliphatic hydroxyl groups excluding tert-OH is 1. The quantitative estimate of drug-likeness (QED) is 0.832. The zero-order valence-corrected chi connectivity index (χ0v) is 11.7. The van der Waals surface area contributed by atoms with Gasteiger partial charge in [-0.15, -0.1) is 0 Å². The molecule has 0 unspecified atom stereocenters. The van der Waals surface area contributed by atoms with E-state index in [0.717, 1.165) is 12.3 Å². The van der Waals surface area contributed by atoms with Gasteiger partial charge in [0.1, 0.15) is 12.1 Å². The first-order valence-corrected chi connectivity index (χ1v) is 7.92. The van der Waals surface area contributed by atoms with Gasteiger partial charge in [-0.3, -0.25) is 0 Å². The fourth-order valence-corrected chi connectivity index (χ4v) is 4.01. The van der Waals surface area contributed by atoms with Crippen molar-refractivity contribution in [2.24, 2.45) is 0 Å². The van der Waals surface area contributed by atoms with E-state index in [1.54, 1.807) is 4.90 Å². The van der Waals surface area contributed by atoms with Crippen LogP contribution in [0.5, 0.6) is 0 Å². The van der Waals surface area contributed by atoms with E-state index in [9.17, 15) is 5.11 Å². The van der Waals surface area contributed by atoms with Crippen molar-refractivity contribution in [3.63, 3.8) is 0 Å². The third-order valence-corrected chi connectivity index (χ3v) is 5.15. The molecule has 1 aromatic carbocycles. The Balaban J connectivity index is 1.57. The topological polar surface area (TPSA) is 24.7 Å². The number of hydrogen-bond donors (Lipinski definition) is 2. The number of hydrogen-bond acceptors (Lipinski definition) is 1. The fraction of sp³-hybridized carbons (Fsp3) is 0.647. The van der Waals surface area contributed by atoms with E-state index in [-0.39, 0.29) is 6.10 Å². The largest absolute Gasteiger partial charge is 0.387 e. The lowest BCUT2D eigenvalue weighted by Gasteiger charge is -2.38. The van der Waals surface area contributed by atoms with Crippen molar-refractivity contribution in [2.45, 2.75) is 56.6 Å². The minimum Gasteiger partial charge on any atom is -0.387 e. The number of likely N-dealkylation sites (tertiary alicyclic amines) is 1. The standard InChI is InChI=1S/C17H25NO/c19-17-9-5-4-8-16(17)18-12-10-15(11-13-18)14-6-2-1-3-7-14/h1-3,6-7,15-17,19H,4-5,8-13H2/p+1/t16-,17-/m0/s1. The molecule has 3 rings (SSSR count). The van der Waals surface area contributed by atoms with Gasteiger partial charge in [-0.1, -0.05) is 36.8 Å². The molecular weight excluding hydrogens is 234 g/mol. The molecule has 1 heterocycles. The van der Waals surface area contributed by atoms with E-state index >= 15 is 0 Å². The maximum atomic E-state index is 10.2. The molecule has 2 nitrogen and oxygen atoms in total. The first-order chi connectivity index (χ1) is 9.34. The molecule has 0 amide bonds. The molecule has 104 valence electrons. The molecule has 2 fully saturated rings. The molecule has 1 saturated carbocycles. The first-order valence-electron chi connectivity index (χ1n) is 7.92. The van der Waals surface area contributed by atoms with Gasteiger partial charge in [0.05, 0.1) is 13.1 Å². The molecule has 1 saturated heterocycles. The monoisotopic (exact) mass is 260 g/mol. The Morgan fingerprint density at radius 2 is 1.58 bits per heavy atom. The van der Waals surface area contributed by atoms with Crippen LogP contribution in [0.4, 0.5) is 0 Å². The SMILES string of the molecule is O[C@H]1CCCC[C@@H]1[NH+]1CCC(c2ccccc2)CC1. The van der Waals surface area contributed by atoms with Crippen LogP contribution >= 0.6 is 0 Å². The van der Waals surface area contributed by atoms with Gasteiger partial charge in [-0.05, 0) is 24.3 Å². The summed E-state index contributed by atoms with van der Waals surface area (Å²) in [4.78, 5) is 1.67. The number of quaternary nitrogens is 1. The average Bonchev–Trinajstić information content (AvgIpc) is 2.49. The highest BCUT2D eigenvalue weighted by Gasteiger charge is 2.34. The van der Waals surface area contributed by atoms with Crippen LogP contribution in [0, 0.1) is 0 Å². The Labute approximate surface area is 116 Å². The van der Waals surface area contributed by atoms with Crippen molar-refractivity contribution in [1.29, 1.82) is 0 Å². The van der Waals surface area contributed by atoms with E-state index in [2.05, 4.69) is 30.3 Å². The van der Waals surface area contributed by atoms with Crippen molar-refractivity contribution in [1.82, 2.24) is 0 Å². The van der Waals surface area contributed by atoms with Gasteiger partial charge in [-0.25, -0.2) is 0 Å². The Bertz CT molecular complexity index is 384. The van der Waals surface area contributed by atoms with Crippen LogP contribution in [0.15, 0.2) is 30.3 Å². The van der Waals surface area contributed by atoms with Crippen LogP contribution in [0.3, 0.4) is 0 Å². The predicted molar refractivity (Wildman–Crippen MR) is 77.4 cm³/mol. The number of nitrogens with one attached hydrogen (secondary N) is 1. The number of piperidine rings is 1. The Hall–Kier alpha value is -0.860. The summed E-state index contributed by atoms with van der Waals surface area (Å²) in [5.74, 6) is 0.741.